The molecule has 0 unspecified atom stereocenters. The second-order valence-corrected chi connectivity index (χ2v) is 12.1. The van der Waals surface area contributed by atoms with E-state index in [0.29, 0.717) is 11.1 Å². The summed E-state index contributed by atoms with van der Waals surface area (Å²) in [7, 11) is -1.75. The minimum atomic E-state index is -1.75. The fourth-order valence-corrected chi connectivity index (χ4v) is 9.60. The second-order valence-electron chi connectivity index (χ2n) is 6.91. The molecule has 21 heavy (non-hydrogen) atoms. The van der Waals surface area contributed by atoms with Crippen molar-refractivity contribution in [1.29, 1.82) is 0 Å². The lowest BCUT2D eigenvalue weighted by molar-refractivity contribution is 0.927. The van der Waals surface area contributed by atoms with Gasteiger partial charge in [0.2, 0.25) is 0 Å². The van der Waals surface area contributed by atoms with Gasteiger partial charge in [0.05, 0.1) is 0 Å². The van der Waals surface area contributed by atoms with Crippen LogP contribution >= 0.6 is 0 Å². The quantitative estimate of drug-likeness (QED) is 0.718. The molecule has 2 aromatic carbocycles. The summed E-state index contributed by atoms with van der Waals surface area (Å²) in [5, 5.41) is 3.14. The normalized spacial score (nSPS) is 12.2. The molecular formula is C20H28Si. The first kappa shape index (κ1) is 16.0. The lowest BCUT2D eigenvalue weighted by atomic mass is 10.2. The lowest BCUT2D eigenvalue weighted by Gasteiger charge is -2.40. The molecule has 0 amide bonds. The summed E-state index contributed by atoms with van der Waals surface area (Å²) in [6.07, 6.45) is 0. The van der Waals surface area contributed by atoms with Crippen LogP contribution < -0.4 is 10.4 Å². The Hall–Kier alpha value is -1.34. The van der Waals surface area contributed by atoms with Gasteiger partial charge in [-0.3, -0.25) is 0 Å². The lowest BCUT2D eigenvalue weighted by Crippen LogP contribution is -2.62. The first-order valence-corrected chi connectivity index (χ1v) is 10.2. The van der Waals surface area contributed by atoms with Gasteiger partial charge in [-0.05, 0) is 24.9 Å². The van der Waals surface area contributed by atoms with Crippen molar-refractivity contribution in [1.82, 2.24) is 0 Å². The summed E-state index contributed by atoms with van der Waals surface area (Å²) in [5.74, 6) is 0. The van der Waals surface area contributed by atoms with Crippen molar-refractivity contribution in [2.45, 2.75) is 52.6 Å². The molecule has 0 N–H and O–H groups in total. The van der Waals surface area contributed by atoms with Crippen LogP contribution in [0.5, 0.6) is 0 Å². The Morgan fingerprint density at radius 1 is 0.571 bits per heavy atom. The van der Waals surface area contributed by atoms with Crippen molar-refractivity contribution in [3.05, 3.63) is 59.7 Å². The highest BCUT2D eigenvalue weighted by atomic mass is 28.3. The van der Waals surface area contributed by atoms with Crippen molar-refractivity contribution >= 4 is 18.4 Å². The van der Waals surface area contributed by atoms with Gasteiger partial charge in [-0.1, -0.05) is 97.7 Å². The standard InChI is InChI=1S/C20H28Si/c1-15(2)21(16(3)4,19-11-7-17(5)8-12-19)20-13-9-18(6)10-14-20/h7-16H,1-6H3. The first-order chi connectivity index (χ1) is 9.88. The molecule has 0 aliphatic heterocycles. The first-order valence-electron chi connectivity index (χ1n) is 8.03. The maximum atomic E-state index is 2.41. The van der Waals surface area contributed by atoms with Crippen LogP contribution in [0.15, 0.2) is 48.5 Å². The molecule has 0 aromatic heterocycles. The third-order valence-corrected chi connectivity index (χ3v) is 11.1. The van der Waals surface area contributed by atoms with Crippen LogP contribution in [0.1, 0.15) is 38.8 Å². The van der Waals surface area contributed by atoms with Crippen LogP contribution in [-0.4, -0.2) is 8.07 Å². The maximum Gasteiger partial charge on any atom is 0.123 e. The fourth-order valence-electron chi connectivity index (χ4n) is 3.83. The Balaban J connectivity index is 2.69. The summed E-state index contributed by atoms with van der Waals surface area (Å²) in [5.41, 5.74) is 4.06. The van der Waals surface area contributed by atoms with Gasteiger partial charge in [0.15, 0.2) is 0 Å². The molecule has 1 heteroatoms. The topological polar surface area (TPSA) is 0 Å². The summed E-state index contributed by atoms with van der Waals surface area (Å²) in [4.78, 5) is 0. The van der Waals surface area contributed by atoms with Crippen LogP contribution in [0.4, 0.5) is 0 Å². The summed E-state index contributed by atoms with van der Waals surface area (Å²) in [6.45, 7) is 14.0. The van der Waals surface area contributed by atoms with Gasteiger partial charge in [0.1, 0.15) is 8.07 Å². The van der Waals surface area contributed by atoms with Gasteiger partial charge in [-0.2, -0.15) is 0 Å². The van der Waals surface area contributed by atoms with Crippen molar-refractivity contribution < 1.29 is 0 Å². The Kier molecular flexibility index (Phi) is 4.73. The molecule has 0 heterocycles. The van der Waals surface area contributed by atoms with Crippen molar-refractivity contribution in [2.24, 2.45) is 0 Å². The molecule has 0 radical (unpaired) electrons. The maximum absolute atomic E-state index is 2.41. The number of hydrogen-bond donors (Lipinski definition) is 0. The highest BCUT2D eigenvalue weighted by Gasteiger charge is 2.43. The summed E-state index contributed by atoms with van der Waals surface area (Å²) >= 11 is 0. The molecule has 2 rings (SSSR count). The molecule has 0 bridgehead atoms. The zero-order valence-electron chi connectivity index (χ0n) is 14.3. The van der Waals surface area contributed by atoms with E-state index in [0.717, 1.165) is 0 Å². The van der Waals surface area contributed by atoms with Gasteiger partial charge in [-0.25, -0.2) is 0 Å². The van der Waals surface area contributed by atoms with Crippen LogP contribution in [0, 0.1) is 13.8 Å². The Morgan fingerprint density at radius 3 is 1.10 bits per heavy atom. The van der Waals surface area contributed by atoms with E-state index in [1.165, 1.54) is 11.1 Å². The molecule has 0 aliphatic rings. The van der Waals surface area contributed by atoms with E-state index in [2.05, 4.69) is 90.1 Å². The van der Waals surface area contributed by atoms with E-state index >= 15 is 0 Å². The fraction of sp³-hybridized carbons (Fsp3) is 0.400. The van der Waals surface area contributed by atoms with Crippen molar-refractivity contribution in [2.75, 3.05) is 0 Å². The van der Waals surface area contributed by atoms with Crippen molar-refractivity contribution in [3.8, 4) is 0 Å². The van der Waals surface area contributed by atoms with Gasteiger partial charge in [0.25, 0.3) is 0 Å². The minimum absolute atomic E-state index is 0.683. The van der Waals surface area contributed by atoms with Crippen LogP contribution in [0.2, 0.25) is 11.1 Å². The molecule has 0 spiro atoms. The molecule has 112 valence electrons. The Morgan fingerprint density at radius 2 is 0.857 bits per heavy atom. The van der Waals surface area contributed by atoms with Crippen molar-refractivity contribution in [3.63, 3.8) is 0 Å². The van der Waals surface area contributed by atoms with E-state index in [1.54, 1.807) is 10.4 Å². The van der Waals surface area contributed by atoms with E-state index < -0.39 is 8.07 Å². The van der Waals surface area contributed by atoms with E-state index in [1.807, 2.05) is 0 Å². The third kappa shape index (κ3) is 2.84. The highest BCUT2D eigenvalue weighted by Crippen LogP contribution is 2.32. The van der Waals surface area contributed by atoms with Gasteiger partial charge >= 0.3 is 0 Å². The Labute approximate surface area is 131 Å². The molecule has 2 aromatic rings. The van der Waals surface area contributed by atoms with Gasteiger partial charge in [-0.15, -0.1) is 0 Å². The van der Waals surface area contributed by atoms with Gasteiger partial charge in [0, 0.05) is 0 Å². The average Bonchev–Trinajstić information content (AvgIpc) is 2.43. The molecule has 0 nitrogen and oxygen atoms in total. The monoisotopic (exact) mass is 296 g/mol. The number of aryl methyl sites for hydroxylation is 2. The van der Waals surface area contributed by atoms with E-state index in [9.17, 15) is 0 Å². The molecule has 0 saturated carbocycles. The highest BCUT2D eigenvalue weighted by molar-refractivity contribution is 7.04. The average molecular weight is 297 g/mol. The van der Waals surface area contributed by atoms with Crippen LogP contribution in [0.3, 0.4) is 0 Å². The summed E-state index contributed by atoms with van der Waals surface area (Å²) < 4.78 is 0. The largest absolute Gasteiger partial charge is 0.123 e. The second kappa shape index (κ2) is 6.19. The molecular weight excluding hydrogens is 268 g/mol. The van der Waals surface area contributed by atoms with Crippen LogP contribution in [-0.2, 0) is 0 Å². The smallest absolute Gasteiger partial charge is 0.0645 e. The molecule has 0 saturated heterocycles. The van der Waals surface area contributed by atoms with Gasteiger partial charge < -0.3 is 0 Å². The number of rotatable bonds is 4. The number of benzene rings is 2. The predicted molar refractivity (Wildman–Crippen MR) is 97.6 cm³/mol. The zero-order chi connectivity index (χ0) is 15.6. The van der Waals surface area contributed by atoms with E-state index in [-0.39, 0.29) is 0 Å². The molecule has 0 atom stereocenters. The van der Waals surface area contributed by atoms with E-state index in [4.69, 9.17) is 0 Å². The molecule has 0 aliphatic carbocycles. The predicted octanol–water partition coefficient (Wildman–Crippen LogP) is 4.69. The zero-order valence-corrected chi connectivity index (χ0v) is 15.3. The number of hydrogen-bond acceptors (Lipinski definition) is 0. The SMILES string of the molecule is Cc1ccc([Si](c2ccc(C)cc2)(C(C)C)C(C)C)cc1. The Bertz CT molecular complexity index is 521. The third-order valence-electron chi connectivity index (χ3n) is 4.88. The molecule has 0 fully saturated rings. The van der Waals surface area contributed by atoms with Crippen LogP contribution in [0.25, 0.3) is 0 Å². The summed E-state index contributed by atoms with van der Waals surface area (Å²) in [6, 6.07) is 18.6. The minimum Gasteiger partial charge on any atom is -0.0645 e.